The molecule has 3 N–H and O–H groups in total. The van der Waals surface area contributed by atoms with E-state index in [1.807, 2.05) is 33.9 Å². The molecule has 2 heterocycles. The van der Waals surface area contributed by atoms with Crippen LogP contribution in [0.1, 0.15) is 75.9 Å². The number of carbonyl (C=O) groups excluding carboxylic acids is 2. The number of aldehydes is 1. The maximum atomic E-state index is 14.5. The summed E-state index contributed by atoms with van der Waals surface area (Å²) in [6.07, 6.45) is 4.38. The highest BCUT2D eigenvalue weighted by Gasteiger charge is 2.30. The van der Waals surface area contributed by atoms with Crippen LogP contribution in [0.4, 0.5) is 9.18 Å². The summed E-state index contributed by atoms with van der Waals surface area (Å²) in [6, 6.07) is 1.51. The van der Waals surface area contributed by atoms with Crippen molar-refractivity contribution in [3.63, 3.8) is 0 Å². The number of benzene rings is 1. The number of amides is 1. The average molecular weight is 631 g/mol. The highest BCUT2D eigenvalue weighted by atomic mass is 19.1. The molecule has 1 aromatic heterocycles. The van der Waals surface area contributed by atoms with Crippen molar-refractivity contribution in [2.45, 2.75) is 80.4 Å². The van der Waals surface area contributed by atoms with Crippen molar-refractivity contribution in [2.24, 2.45) is 5.73 Å². The predicted octanol–water partition coefficient (Wildman–Crippen LogP) is 5.66. The first-order valence-corrected chi connectivity index (χ1v) is 15.4. The highest BCUT2D eigenvalue weighted by molar-refractivity contribution is 5.92. The number of halogens is 1. The standard InChI is InChI=1S/C23H23FN2O4.C8H19NO.C2H6.CH3NO/c1-12(14(10-27)11-30-23(28)29)7-20-22-17(9-26(20)3)16-6-4-5-15-13(2)18(24)8-19(25-22)21(15)16;1-5-9(4)6-7-10-8(2)3;1-2;2-1-3/h7-8,10H,4-6,9,11H2,1-3H3,(H,28,29);8H,5-7H2,1-4H3;1-2H3;1H,(H2,2,3)/b14-12+,20-7-;;;. The summed E-state index contributed by atoms with van der Waals surface area (Å²) in [5, 5.41) is 9.79. The number of carbonyl (C=O) groups is 3. The molecule has 0 bridgehead atoms. The fraction of sp³-hybridized carbons (Fsp3) is 0.529. The minimum absolute atomic E-state index is 0.236. The number of pyridine rings is 1. The van der Waals surface area contributed by atoms with Crippen molar-refractivity contribution in [3.8, 4) is 0 Å². The molecule has 0 atom stereocenters. The van der Waals surface area contributed by atoms with Crippen LogP contribution in [0.25, 0.3) is 16.6 Å². The van der Waals surface area contributed by atoms with Crippen LogP contribution < -0.4 is 5.73 Å². The maximum absolute atomic E-state index is 14.5. The molecule has 1 aliphatic carbocycles. The Bertz CT molecular complexity index is 1370. The van der Waals surface area contributed by atoms with Crippen molar-refractivity contribution in [2.75, 3.05) is 40.4 Å². The van der Waals surface area contributed by atoms with Gasteiger partial charge in [-0.25, -0.2) is 14.2 Å². The number of hydrogen-bond acceptors (Lipinski definition) is 8. The van der Waals surface area contributed by atoms with E-state index in [4.69, 9.17) is 19.6 Å². The van der Waals surface area contributed by atoms with Crippen LogP contribution in [-0.2, 0) is 38.4 Å². The summed E-state index contributed by atoms with van der Waals surface area (Å²) in [7, 11) is 4.05. The molecule has 0 fully saturated rings. The number of aryl methyl sites for hydroxylation is 2. The van der Waals surface area contributed by atoms with Gasteiger partial charge in [0.2, 0.25) is 6.41 Å². The molecule has 0 spiro atoms. The number of fused-ring (bicyclic) bond motifs is 2. The van der Waals surface area contributed by atoms with Crippen molar-refractivity contribution in [1.29, 1.82) is 0 Å². The number of carboxylic acid groups (broad SMARTS) is 1. The molecule has 250 valence electrons. The Balaban J connectivity index is 0.000000569. The van der Waals surface area contributed by atoms with Crippen molar-refractivity contribution in [1.82, 2.24) is 14.8 Å². The van der Waals surface area contributed by atoms with Gasteiger partial charge in [0.15, 0.2) is 0 Å². The molecule has 0 saturated carbocycles. The molecule has 0 radical (unpaired) electrons. The zero-order valence-corrected chi connectivity index (χ0v) is 28.3. The zero-order valence-electron chi connectivity index (χ0n) is 28.3. The molecule has 45 heavy (non-hydrogen) atoms. The number of aromatic nitrogens is 1. The van der Waals surface area contributed by atoms with Crippen LogP contribution >= 0.6 is 0 Å². The summed E-state index contributed by atoms with van der Waals surface area (Å²) >= 11 is 0. The Morgan fingerprint density at radius 1 is 1.22 bits per heavy atom. The normalized spacial score (nSPS) is 14.4. The average Bonchev–Trinajstić information content (AvgIpc) is 3.32. The number of likely N-dealkylation sites (N-methyl/N-ethyl adjacent to an activating group) is 1. The lowest BCUT2D eigenvalue weighted by atomic mass is 9.85. The van der Waals surface area contributed by atoms with E-state index in [1.165, 1.54) is 11.6 Å². The molecule has 11 heteroatoms. The maximum Gasteiger partial charge on any atom is 0.506 e. The van der Waals surface area contributed by atoms with Gasteiger partial charge in [-0.3, -0.25) is 9.59 Å². The SMILES string of the molecule is CC.CC(/C=C1/c2nc3cc(F)c(C)c4c3c(c2CN1C)CCC4)=C(/C=O)COC(=O)O.CCN(C)CCOC(C)C.NC=O. The van der Waals surface area contributed by atoms with E-state index in [0.717, 1.165) is 66.9 Å². The van der Waals surface area contributed by atoms with Crippen LogP contribution in [-0.4, -0.2) is 85.2 Å². The van der Waals surface area contributed by atoms with Crippen LogP contribution in [0.5, 0.6) is 0 Å². The van der Waals surface area contributed by atoms with E-state index in [2.05, 4.69) is 48.1 Å². The Labute approximate surface area is 267 Å². The Morgan fingerprint density at radius 3 is 2.40 bits per heavy atom. The second-order valence-electron chi connectivity index (χ2n) is 10.8. The van der Waals surface area contributed by atoms with Gasteiger partial charge in [-0.2, -0.15) is 0 Å². The lowest BCUT2D eigenvalue weighted by molar-refractivity contribution is -0.107. The van der Waals surface area contributed by atoms with Gasteiger partial charge in [0.05, 0.1) is 29.6 Å². The smallest absolute Gasteiger partial charge is 0.450 e. The van der Waals surface area contributed by atoms with E-state index in [-0.39, 0.29) is 24.4 Å². The Hall–Kier alpha value is -3.83. The summed E-state index contributed by atoms with van der Waals surface area (Å²) in [6.45, 7) is 17.2. The Kier molecular flexibility index (Phi) is 17.0. The third-order valence-corrected chi connectivity index (χ3v) is 7.54. The van der Waals surface area contributed by atoms with Gasteiger partial charge >= 0.3 is 6.16 Å². The number of nitrogens with two attached hydrogens (primary N) is 1. The number of ether oxygens (including phenoxy) is 2. The van der Waals surface area contributed by atoms with E-state index >= 15 is 0 Å². The highest BCUT2D eigenvalue weighted by Crippen LogP contribution is 2.41. The lowest BCUT2D eigenvalue weighted by Crippen LogP contribution is -2.23. The van der Waals surface area contributed by atoms with E-state index < -0.39 is 6.16 Å². The molecule has 1 aliphatic heterocycles. The molecule has 0 unspecified atom stereocenters. The minimum Gasteiger partial charge on any atom is -0.450 e. The summed E-state index contributed by atoms with van der Waals surface area (Å²) < 4.78 is 24.4. The molecular weight excluding hydrogens is 579 g/mol. The lowest BCUT2D eigenvalue weighted by Gasteiger charge is -2.21. The van der Waals surface area contributed by atoms with Crippen molar-refractivity contribution < 1.29 is 33.4 Å². The van der Waals surface area contributed by atoms with Crippen LogP contribution in [0.3, 0.4) is 0 Å². The molecule has 1 amide bonds. The Morgan fingerprint density at radius 2 is 1.84 bits per heavy atom. The van der Waals surface area contributed by atoms with E-state index in [1.54, 1.807) is 6.92 Å². The molecule has 0 saturated heterocycles. The first-order chi connectivity index (χ1) is 21.4. The molecule has 2 aliphatic rings. The number of hydrogen-bond donors (Lipinski definition) is 2. The quantitative estimate of drug-likeness (QED) is 0.204. The third-order valence-electron chi connectivity index (χ3n) is 7.54. The van der Waals surface area contributed by atoms with Gasteiger partial charge in [-0.1, -0.05) is 20.8 Å². The third kappa shape index (κ3) is 10.9. The molecule has 4 rings (SSSR count). The fourth-order valence-corrected chi connectivity index (χ4v) is 5.07. The zero-order chi connectivity index (χ0) is 34.3. The topological polar surface area (TPSA) is 135 Å². The van der Waals surface area contributed by atoms with Crippen molar-refractivity contribution in [3.05, 3.63) is 57.1 Å². The number of primary amides is 1. The molecule has 1 aromatic carbocycles. The molecular formula is C34H51FN4O6. The van der Waals surface area contributed by atoms with Gasteiger partial charge in [0.1, 0.15) is 18.7 Å². The fourth-order valence-electron chi connectivity index (χ4n) is 5.07. The van der Waals surface area contributed by atoms with Crippen LogP contribution in [0.2, 0.25) is 0 Å². The first-order valence-electron chi connectivity index (χ1n) is 15.4. The first kappa shape index (κ1) is 39.2. The summed E-state index contributed by atoms with van der Waals surface area (Å²) in [4.78, 5) is 39.8. The largest absolute Gasteiger partial charge is 0.506 e. The van der Waals surface area contributed by atoms with Gasteiger partial charge in [0, 0.05) is 42.7 Å². The van der Waals surface area contributed by atoms with Gasteiger partial charge < -0.3 is 30.1 Å². The van der Waals surface area contributed by atoms with Gasteiger partial charge in [-0.15, -0.1) is 0 Å². The van der Waals surface area contributed by atoms with E-state index in [0.29, 0.717) is 35.6 Å². The van der Waals surface area contributed by atoms with Gasteiger partial charge in [0.25, 0.3) is 0 Å². The number of allylic oxidation sites excluding steroid dienone is 2. The van der Waals surface area contributed by atoms with Crippen LogP contribution in [0, 0.1) is 12.7 Å². The second kappa shape index (κ2) is 19.5. The second-order valence-corrected chi connectivity index (χ2v) is 10.8. The van der Waals surface area contributed by atoms with Crippen molar-refractivity contribution >= 4 is 35.5 Å². The van der Waals surface area contributed by atoms with Crippen LogP contribution in [0.15, 0.2) is 23.3 Å². The van der Waals surface area contributed by atoms with Gasteiger partial charge in [-0.05, 0) is 88.9 Å². The number of nitrogens with zero attached hydrogens (tertiary/aromatic N) is 3. The molecule has 10 nitrogen and oxygen atoms in total. The van der Waals surface area contributed by atoms with E-state index in [9.17, 15) is 14.0 Å². The monoisotopic (exact) mass is 630 g/mol. The number of rotatable bonds is 9. The summed E-state index contributed by atoms with van der Waals surface area (Å²) in [5.41, 5.74) is 11.4. The summed E-state index contributed by atoms with van der Waals surface area (Å²) in [5.74, 6) is -0.236. The predicted molar refractivity (Wildman–Crippen MR) is 177 cm³/mol. The minimum atomic E-state index is -1.43. The molecule has 2 aromatic rings.